The number of urea groups is 1. The molecule has 0 unspecified atom stereocenters. The van der Waals surface area contributed by atoms with Crippen molar-refractivity contribution < 1.29 is 9.32 Å². The second-order valence-corrected chi connectivity index (χ2v) is 6.48. The summed E-state index contributed by atoms with van der Waals surface area (Å²) in [4.78, 5) is 18.2. The molecular weight excluding hydrogens is 268 g/mol. The number of aryl methyl sites for hydroxylation is 1. The molecule has 3 rings (SSSR count). The second kappa shape index (κ2) is 6.03. The summed E-state index contributed by atoms with van der Waals surface area (Å²) >= 11 is 0. The Morgan fingerprint density at radius 2 is 1.90 bits per heavy atom. The topological polar surface area (TPSA) is 71.3 Å². The molecule has 1 aromatic rings. The molecule has 2 fully saturated rings. The maximum absolute atomic E-state index is 12.3. The minimum absolute atomic E-state index is 0.119. The van der Waals surface area contributed by atoms with Crippen LogP contribution in [0.4, 0.5) is 10.8 Å². The smallest absolute Gasteiger partial charge is 0.324 e. The summed E-state index contributed by atoms with van der Waals surface area (Å²) in [6.45, 7) is 3.39. The fourth-order valence-corrected chi connectivity index (χ4v) is 3.78. The summed E-state index contributed by atoms with van der Waals surface area (Å²) in [7, 11) is 0. The van der Waals surface area contributed by atoms with Crippen LogP contribution >= 0.6 is 0 Å². The van der Waals surface area contributed by atoms with Crippen LogP contribution in [0.5, 0.6) is 0 Å². The fourth-order valence-electron chi connectivity index (χ4n) is 3.78. The molecule has 21 heavy (non-hydrogen) atoms. The van der Waals surface area contributed by atoms with Crippen LogP contribution in [-0.2, 0) is 0 Å². The van der Waals surface area contributed by atoms with Crippen LogP contribution in [0.15, 0.2) is 4.52 Å². The minimum Gasteiger partial charge on any atom is -0.324 e. The Morgan fingerprint density at radius 3 is 2.62 bits per heavy atom. The lowest BCUT2D eigenvalue weighted by atomic mass is 9.69. The van der Waals surface area contributed by atoms with Crippen LogP contribution < -0.4 is 5.32 Å². The Bertz CT molecular complexity index is 494. The van der Waals surface area contributed by atoms with Crippen molar-refractivity contribution in [2.75, 3.05) is 18.4 Å². The number of hydrogen-bond donors (Lipinski definition) is 1. The van der Waals surface area contributed by atoms with E-state index in [9.17, 15) is 4.79 Å². The summed E-state index contributed by atoms with van der Waals surface area (Å²) in [5.41, 5.74) is 0.494. The molecule has 1 N–H and O–H groups in total. The normalized spacial score (nSPS) is 22.0. The van der Waals surface area contributed by atoms with E-state index in [0.29, 0.717) is 11.2 Å². The number of amides is 2. The molecule has 0 radical (unpaired) electrons. The zero-order chi connectivity index (χ0) is 14.7. The van der Waals surface area contributed by atoms with Gasteiger partial charge in [0.05, 0.1) is 0 Å². The minimum atomic E-state index is -0.119. The van der Waals surface area contributed by atoms with Crippen molar-refractivity contribution >= 4 is 12.0 Å². The second-order valence-electron chi connectivity index (χ2n) is 6.48. The number of carbonyl (C=O) groups is 1. The Kier molecular flexibility index (Phi) is 4.12. The van der Waals surface area contributed by atoms with Gasteiger partial charge in [-0.3, -0.25) is 5.32 Å². The summed E-state index contributed by atoms with van der Waals surface area (Å²) in [6.07, 6.45) is 10.2. The largest absolute Gasteiger partial charge is 0.329 e. The molecule has 2 heterocycles. The molecule has 1 aromatic heterocycles. The van der Waals surface area contributed by atoms with Gasteiger partial charge in [-0.05, 0) is 44.4 Å². The molecule has 1 aliphatic carbocycles. The average Bonchev–Trinajstić information content (AvgIpc) is 2.77. The predicted octanol–water partition coefficient (Wildman–Crippen LogP) is 3.35. The highest BCUT2D eigenvalue weighted by Crippen LogP contribution is 2.44. The van der Waals surface area contributed by atoms with Crippen molar-refractivity contribution in [1.29, 1.82) is 0 Å². The van der Waals surface area contributed by atoms with E-state index in [2.05, 4.69) is 15.5 Å². The first-order chi connectivity index (χ1) is 10.2. The van der Waals surface area contributed by atoms with Gasteiger partial charge in [-0.15, -0.1) is 0 Å². The molecule has 1 spiro atoms. The van der Waals surface area contributed by atoms with Gasteiger partial charge in [0.15, 0.2) is 5.82 Å². The number of rotatable bonds is 1. The van der Waals surface area contributed by atoms with E-state index in [-0.39, 0.29) is 12.0 Å². The van der Waals surface area contributed by atoms with E-state index < -0.39 is 0 Å². The Labute approximate surface area is 125 Å². The number of carbonyl (C=O) groups excluding carboxylic acids is 1. The highest BCUT2D eigenvalue weighted by atomic mass is 16.5. The predicted molar refractivity (Wildman–Crippen MR) is 79.0 cm³/mol. The molecule has 2 amide bonds. The van der Waals surface area contributed by atoms with Gasteiger partial charge in [-0.1, -0.05) is 24.4 Å². The quantitative estimate of drug-likeness (QED) is 0.861. The number of aromatic nitrogens is 2. The third-order valence-electron chi connectivity index (χ3n) is 4.99. The van der Waals surface area contributed by atoms with E-state index in [0.717, 1.165) is 25.9 Å². The maximum atomic E-state index is 12.3. The van der Waals surface area contributed by atoms with Gasteiger partial charge in [0, 0.05) is 13.1 Å². The van der Waals surface area contributed by atoms with Crippen molar-refractivity contribution in [3.63, 3.8) is 0 Å². The van der Waals surface area contributed by atoms with E-state index in [1.807, 2.05) is 4.90 Å². The molecule has 6 heteroatoms. The molecule has 6 nitrogen and oxygen atoms in total. The molecule has 0 bridgehead atoms. The van der Waals surface area contributed by atoms with Gasteiger partial charge in [-0.2, -0.15) is 4.98 Å². The Balaban J connectivity index is 1.58. The van der Waals surface area contributed by atoms with Crippen molar-refractivity contribution in [2.24, 2.45) is 5.41 Å². The lowest BCUT2D eigenvalue weighted by molar-refractivity contribution is 0.159. The van der Waals surface area contributed by atoms with Crippen LogP contribution in [-0.4, -0.2) is 34.2 Å². The zero-order valence-corrected chi connectivity index (χ0v) is 12.7. The molecule has 1 saturated carbocycles. The molecule has 1 aliphatic heterocycles. The highest BCUT2D eigenvalue weighted by Gasteiger charge is 2.34. The number of nitrogens with zero attached hydrogens (tertiary/aromatic N) is 3. The third-order valence-corrected chi connectivity index (χ3v) is 4.99. The Morgan fingerprint density at radius 1 is 1.14 bits per heavy atom. The first-order valence-corrected chi connectivity index (χ1v) is 8.03. The monoisotopic (exact) mass is 292 g/mol. The standard InChI is InChI=1S/C15H24N4O2/c1-12-16-13(21-18-12)17-14(20)19-10-5-8-15(9-11-19)6-3-2-4-7-15/h2-11H2,1H3,(H,16,17,18,20). The summed E-state index contributed by atoms with van der Waals surface area (Å²) in [5.74, 6) is 0.530. The first kappa shape index (κ1) is 14.4. The molecule has 0 aromatic carbocycles. The van der Waals surface area contributed by atoms with Crippen LogP contribution in [0.25, 0.3) is 0 Å². The van der Waals surface area contributed by atoms with E-state index in [1.165, 1.54) is 38.5 Å². The van der Waals surface area contributed by atoms with Gasteiger partial charge in [0.1, 0.15) is 0 Å². The van der Waals surface area contributed by atoms with Crippen LogP contribution in [0.2, 0.25) is 0 Å². The van der Waals surface area contributed by atoms with Crippen molar-refractivity contribution in [2.45, 2.75) is 58.3 Å². The maximum Gasteiger partial charge on any atom is 0.329 e. The van der Waals surface area contributed by atoms with Crippen molar-refractivity contribution in [3.05, 3.63) is 5.82 Å². The van der Waals surface area contributed by atoms with Gasteiger partial charge in [-0.25, -0.2) is 4.79 Å². The van der Waals surface area contributed by atoms with Crippen LogP contribution in [0.3, 0.4) is 0 Å². The third kappa shape index (κ3) is 3.36. The number of nitrogens with one attached hydrogen (secondary N) is 1. The molecule has 0 atom stereocenters. The fraction of sp³-hybridized carbons (Fsp3) is 0.800. The summed E-state index contributed by atoms with van der Waals surface area (Å²) < 4.78 is 4.95. The average molecular weight is 292 g/mol. The van der Waals surface area contributed by atoms with E-state index in [4.69, 9.17) is 4.52 Å². The van der Waals surface area contributed by atoms with Crippen molar-refractivity contribution in [1.82, 2.24) is 15.0 Å². The molecular formula is C15H24N4O2. The van der Waals surface area contributed by atoms with Crippen LogP contribution in [0, 0.1) is 12.3 Å². The molecule has 1 saturated heterocycles. The van der Waals surface area contributed by atoms with E-state index >= 15 is 0 Å². The number of likely N-dealkylation sites (tertiary alicyclic amines) is 1. The van der Waals surface area contributed by atoms with Crippen molar-refractivity contribution in [3.8, 4) is 0 Å². The number of hydrogen-bond acceptors (Lipinski definition) is 4. The van der Waals surface area contributed by atoms with Gasteiger partial charge >= 0.3 is 12.0 Å². The first-order valence-electron chi connectivity index (χ1n) is 8.03. The lowest BCUT2D eigenvalue weighted by Gasteiger charge is -2.36. The Hall–Kier alpha value is -1.59. The SMILES string of the molecule is Cc1noc(NC(=O)N2CCCC3(CCCCC3)CC2)n1. The molecule has 116 valence electrons. The highest BCUT2D eigenvalue weighted by molar-refractivity contribution is 5.87. The van der Waals surface area contributed by atoms with Gasteiger partial charge in [0.25, 0.3) is 0 Å². The van der Waals surface area contributed by atoms with Gasteiger partial charge < -0.3 is 9.42 Å². The number of anilines is 1. The molecule has 2 aliphatic rings. The van der Waals surface area contributed by atoms with Crippen LogP contribution in [0.1, 0.15) is 57.2 Å². The lowest BCUT2D eigenvalue weighted by Crippen LogP contribution is -2.36. The summed E-state index contributed by atoms with van der Waals surface area (Å²) in [6, 6.07) is 0.0700. The summed E-state index contributed by atoms with van der Waals surface area (Å²) in [5, 5.41) is 6.38. The zero-order valence-electron chi connectivity index (χ0n) is 12.7. The van der Waals surface area contributed by atoms with E-state index in [1.54, 1.807) is 6.92 Å². The van der Waals surface area contributed by atoms with Gasteiger partial charge in [0.2, 0.25) is 0 Å².